The van der Waals surface area contributed by atoms with E-state index in [9.17, 15) is 4.79 Å². The predicted octanol–water partition coefficient (Wildman–Crippen LogP) is 2.06. The monoisotopic (exact) mass is 337 g/mol. The van der Waals surface area contributed by atoms with Gasteiger partial charge in [-0.15, -0.1) is 0 Å². The molecule has 0 aliphatic carbocycles. The molecule has 25 heavy (non-hydrogen) atoms. The highest BCUT2D eigenvalue weighted by Gasteiger charge is 2.16. The molecule has 4 aromatic rings. The predicted molar refractivity (Wildman–Crippen MR) is 94.0 cm³/mol. The molecule has 0 aliphatic heterocycles. The van der Waals surface area contributed by atoms with E-state index in [4.69, 9.17) is 4.98 Å². The first kappa shape index (κ1) is 15.5. The average molecular weight is 337 g/mol. The van der Waals surface area contributed by atoms with Gasteiger partial charge < -0.3 is 4.98 Å². The quantitative estimate of drug-likeness (QED) is 0.601. The Labute approximate surface area is 143 Å². The van der Waals surface area contributed by atoms with Gasteiger partial charge in [0, 0.05) is 18.8 Å². The molecule has 8 nitrogen and oxygen atoms in total. The summed E-state index contributed by atoms with van der Waals surface area (Å²) in [7, 11) is 0. The highest BCUT2D eigenvalue weighted by Crippen LogP contribution is 2.18. The Balaban J connectivity index is 2.08. The average Bonchev–Trinajstić information content (AvgIpc) is 3.29. The molecule has 0 radical (unpaired) electrons. The zero-order valence-corrected chi connectivity index (χ0v) is 14.2. The number of aromatic amines is 1. The van der Waals surface area contributed by atoms with Gasteiger partial charge in [-0.2, -0.15) is 4.98 Å². The molecule has 0 atom stereocenters. The number of hydrogen-bond donors (Lipinski definition) is 1. The number of nitrogens with zero attached hydrogens (tertiary/aromatic N) is 6. The van der Waals surface area contributed by atoms with E-state index in [0.717, 1.165) is 30.8 Å². The van der Waals surface area contributed by atoms with Crippen LogP contribution in [0, 0.1) is 0 Å². The summed E-state index contributed by atoms with van der Waals surface area (Å²) in [5.41, 5.74) is 2.48. The van der Waals surface area contributed by atoms with Gasteiger partial charge in [0.2, 0.25) is 5.95 Å². The zero-order chi connectivity index (χ0) is 17.4. The van der Waals surface area contributed by atoms with E-state index in [1.54, 1.807) is 29.5 Å². The lowest BCUT2D eigenvalue weighted by Crippen LogP contribution is -2.15. The Morgan fingerprint density at radius 3 is 2.84 bits per heavy atom. The summed E-state index contributed by atoms with van der Waals surface area (Å²) in [5.74, 6) is 1.38. The van der Waals surface area contributed by atoms with Crippen LogP contribution in [0.3, 0.4) is 0 Å². The van der Waals surface area contributed by atoms with Gasteiger partial charge in [-0.25, -0.2) is 15.0 Å². The van der Waals surface area contributed by atoms with Crippen LogP contribution in [0.2, 0.25) is 0 Å². The molecule has 0 amide bonds. The van der Waals surface area contributed by atoms with Crippen molar-refractivity contribution in [3.05, 3.63) is 46.8 Å². The van der Waals surface area contributed by atoms with Crippen molar-refractivity contribution in [1.29, 1.82) is 0 Å². The molecule has 0 fully saturated rings. The SMILES string of the molecule is CCCCc1ncc2c(=O)[nH]c3c(CC)nc(-n4ccnc4)nc3n12. The second-order valence-corrected chi connectivity index (χ2v) is 5.95. The van der Waals surface area contributed by atoms with E-state index in [1.165, 1.54) is 0 Å². The lowest BCUT2D eigenvalue weighted by atomic mass is 10.2. The van der Waals surface area contributed by atoms with Crippen LogP contribution in [0.15, 0.2) is 29.7 Å². The molecular weight excluding hydrogens is 318 g/mol. The van der Waals surface area contributed by atoms with Crippen LogP contribution >= 0.6 is 0 Å². The Morgan fingerprint density at radius 1 is 1.24 bits per heavy atom. The molecule has 0 saturated carbocycles. The number of hydrogen-bond acceptors (Lipinski definition) is 5. The number of imidazole rings is 2. The topological polar surface area (TPSA) is 93.8 Å². The molecule has 4 aromatic heterocycles. The fourth-order valence-corrected chi connectivity index (χ4v) is 3.00. The van der Waals surface area contributed by atoms with E-state index in [2.05, 4.69) is 26.9 Å². The van der Waals surface area contributed by atoms with E-state index < -0.39 is 0 Å². The Hall–Kier alpha value is -3.03. The number of nitrogens with one attached hydrogen (secondary N) is 1. The molecule has 4 rings (SSSR count). The van der Waals surface area contributed by atoms with Gasteiger partial charge in [-0.1, -0.05) is 20.3 Å². The van der Waals surface area contributed by atoms with Crippen LogP contribution in [0.4, 0.5) is 0 Å². The maximum absolute atomic E-state index is 12.5. The van der Waals surface area contributed by atoms with Crippen molar-refractivity contribution >= 4 is 16.7 Å². The van der Waals surface area contributed by atoms with Crippen molar-refractivity contribution < 1.29 is 0 Å². The smallest absolute Gasteiger partial charge is 0.274 e. The van der Waals surface area contributed by atoms with Gasteiger partial charge in [0.25, 0.3) is 5.56 Å². The third kappa shape index (κ3) is 2.50. The maximum atomic E-state index is 12.5. The largest absolute Gasteiger partial charge is 0.316 e. The van der Waals surface area contributed by atoms with E-state index in [0.29, 0.717) is 29.0 Å². The van der Waals surface area contributed by atoms with Crippen molar-refractivity contribution in [3.8, 4) is 5.95 Å². The summed E-state index contributed by atoms with van der Waals surface area (Å²) in [6.45, 7) is 4.14. The summed E-state index contributed by atoms with van der Waals surface area (Å²) in [6.07, 6.45) is 10.3. The highest BCUT2D eigenvalue weighted by molar-refractivity contribution is 5.77. The number of unbranched alkanes of at least 4 members (excludes halogenated alkanes) is 1. The van der Waals surface area contributed by atoms with Gasteiger partial charge in [0.1, 0.15) is 23.2 Å². The van der Waals surface area contributed by atoms with Crippen molar-refractivity contribution in [2.24, 2.45) is 0 Å². The van der Waals surface area contributed by atoms with Gasteiger partial charge >= 0.3 is 0 Å². The normalized spacial score (nSPS) is 11.6. The van der Waals surface area contributed by atoms with Crippen LogP contribution in [-0.4, -0.2) is 33.9 Å². The number of fused-ring (bicyclic) bond motifs is 3. The molecule has 0 unspecified atom stereocenters. The third-order valence-electron chi connectivity index (χ3n) is 4.30. The first-order chi connectivity index (χ1) is 12.2. The number of aryl methyl sites for hydroxylation is 2. The summed E-state index contributed by atoms with van der Waals surface area (Å²) >= 11 is 0. The molecule has 1 N–H and O–H groups in total. The van der Waals surface area contributed by atoms with E-state index in [1.807, 2.05) is 11.3 Å². The molecule has 0 saturated heterocycles. The molecule has 128 valence electrons. The number of aromatic nitrogens is 7. The summed E-state index contributed by atoms with van der Waals surface area (Å²) < 4.78 is 3.63. The molecule has 8 heteroatoms. The second-order valence-electron chi connectivity index (χ2n) is 5.95. The Bertz CT molecular complexity index is 1090. The van der Waals surface area contributed by atoms with Crippen LogP contribution in [0.1, 0.15) is 38.2 Å². The van der Waals surface area contributed by atoms with Gasteiger partial charge in [-0.05, 0) is 12.8 Å². The molecule has 0 bridgehead atoms. The van der Waals surface area contributed by atoms with Gasteiger partial charge in [0.05, 0.1) is 11.9 Å². The van der Waals surface area contributed by atoms with Crippen molar-refractivity contribution in [2.45, 2.75) is 39.5 Å². The van der Waals surface area contributed by atoms with Crippen LogP contribution in [-0.2, 0) is 12.8 Å². The van der Waals surface area contributed by atoms with E-state index >= 15 is 0 Å². The lowest BCUT2D eigenvalue weighted by molar-refractivity contribution is 0.751. The molecule has 4 heterocycles. The second kappa shape index (κ2) is 6.12. The summed E-state index contributed by atoms with van der Waals surface area (Å²) in [6, 6.07) is 0. The fourth-order valence-electron chi connectivity index (χ4n) is 3.00. The van der Waals surface area contributed by atoms with Crippen molar-refractivity contribution in [3.63, 3.8) is 0 Å². The first-order valence-electron chi connectivity index (χ1n) is 8.50. The molecular formula is C17H19N7O. The van der Waals surface area contributed by atoms with Crippen molar-refractivity contribution in [2.75, 3.05) is 0 Å². The molecule has 0 spiro atoms. The Morgan fingerprint density at radius 2 is 2.12 bits per heavy atom. The van der Waals surface area contributed by atoms with Crippen molar-refractivity contribution in [1.82, 2.24) is 33.9 Å². The third-order valence-corrected chi connectivity index (χ3v) is 4.30. The minimum absolute atomic E-state index is 0.170. The first-order valence-corrected chi connectivity index (χ1v) is 8.50. The van der Waals surface area contributed by atoms with Gasteiger partial charge in [-0.3, -0.25) is 13.8 Å². The van der Waals surface area contributed by atoms with Crippen LogP contribution < -0.4 is 5.56 Å². The maximum Gasteiger partial charge on any atom is 0.274 e. The Kier molecular flexibility index (Phi) is 3.79. The summed E-state index contributed by atoms with van der Waals surface area (Å²) in [5, 5.41) is 0. The lowest BCUT2D eigenvalue weighted by Gasteiger charge is -2.10. The zero-order valence-electron chi connectivity index (χ0n) is 14.2. The fraction of sp³-hybridized carbons (Fsp3) is 0.353. The van der Waals surface area contributed by atoms with E-state index in [-0.39, 0.29) is 5.56 Å². The number of rotatable bonds is 5. The standard InChI is InChI=1S/C17H19N7O/c1-3-5-6-13-19-9-12-16(25)21-14-11(4-2)20-17(22-15(14)24(12)13)23-8-7-18-10-23/h7-10H,3-6H2,1-2H3,(H,21,25). The molecule has 0 aromatic carbocycles. The molecule has 0 aliphatic rings. The van der Waals surface area contributed by atoms with Crippen LogP contribution in [0.25, 0.3) is 22.6 Å². The minimum Gasteiger partial charge on any atom is -0.316 e. The summed E-state index contributed by atoms with van der Waals surface area (Å²) in [4.78, 5) is 33.2. The minimum atomic E-state index is -0.170. The van der Waals surface area contributed by atoms with Gasteiger partial charge in [0.15, 0.2) is 5.65 Å². The highest BCUT2D eigenvalue weighted by atomic mass is 16.1. The van der Waals surface area contributed by atoms with Crippen LogP contribution in [0.5, 0.6) is 0 Å². The number of H-pyrrole nitrogens is 1.